The number of benzene rings is 1. The summed E-state index contributed by atoms with van der Waals surface area (Å²) in [5.74, 6) is 1.80. The molecule has 5 rings (SSSR count). The van der Waals surface area contributed by atoms with Crippen molar-refractivity contribution in [3.8, 4) is 22.2 Å². The van der Waals surface area contributed by atoms with Crippen LogP contribution in [0.5, 0.6) is 0 Å². The molecule has 0 bridgehead atoms. The van der Waals surface area contributed by atoms with Crippen molar-refractivity contribution in [1.82, 2.24) is 24.6 Å². The second kappa shape index (κ2) is 6.97. The number of carbonyl (C=O) groups excluding carboxylic acids is 1. The van der Waals surface area contributed by atoms with Gasteiger partial charge in [0, 0.05) is 23.5 Å². The van der Waals surface area contributed by atoms with Crippen molar-refractivity contribution in [3.05, 3.63) is 65.1 Å². The van der Waals surface area contributed by atoms with E-state index in [1.807, 2.05) is 59.0 Å². The Balaban J connectivity index is 1.39. The summed E-state index contributed by atoms with van der Waals surface area (Å²) >= 11 is 1.69. The van der Waals surface area contributed by atoms with Crippen molar-refractivity contribution in [3.63, 3.8) is 0 Å². The maximum absolute atomic E-state index is 13.1. The minimum Gasteiger partial charge on any atom is -0.442 e. The summed E-state index contributed by atoms with van der Waals surface area (Å²) in [6, 6.07) is 11.7. The largest absolute Gasteiger partial charge is 0.442 e. The third kappa shape index (κ3) is 3.05. The smallest absolute Gasteiger partial charge is 0.265 e. The Morgan fingerprint density at radius 1 is 1.17 bits per heavy atom. The second-order valence-electron chi connectivity index (χ2n) is 7.06. The summed E-state index contributed by atoms with van der Waals surface area (Å²) < 4.78 is 7.47. The molecular weight excluding hydrogens is 386 g/mol. The molecule has 1 amide bonds. The lowest BCUT2D eigenvalue weighted by Crippen LogP contribution is -2.41. The van der Waals surface area contributed by atoms with Gasteiger partial charge in [-0.3, -0.25) is 4.79 Å². The fourth-order valence-corrected chi connectivity index (χ4v) is 4.40. The van der Waals surface area contributed by atoms with Crippen molar-refractivity contribution in [2.45, 2.75) is 26.4 Å². The number of oxazole rings is 1. The van der Waals surface area contributed by atoms with Crippen LogP contribution >= 0.6 is 11.3 Å². The Morgan fingerprint density at radius 2 is 2.00 bits per heavy atom. The lowest BCUT2D eigenvalue weighted by Gasteiger charge is -2.33. The van der Waals surface area contributed by atoms with Crippen LogP contribution in [0.1, 0.15) is 34.8 Å². The number of aryl methyl sites for hydroxylation is 1. The van der Waals surface area contributed by atoms with Crippen molar-refractivity contribution >= 4 is 17.2 Å². The van der Waals surface area contributed by atoms with Crippen molar-refractivity contribution in [2.75, 3.05) is 6.54 Å². The molecule has 0 aliphatic carbocycles. The van der Waals surface area contributed by atoms with E-state index >= 15 is 0 Å². The summed E-state index contributed by atoms with van der Waals surface area (Å²) in [6.07, 6.45) is 1.60. The number of carbonyl (C=O) groups is 1. The van der Waals surface area contributed by atoms with Gasteiger partial charge >= 0.3 is 0 Å². The first-order valence-electron chi connectivity index (χ1n) is 9.42. The molecule has 1 aromatic carbocycles. The van der Waals surface area contributed by atoms with E-state index < -0.39 is 0 Å². The Morgan fingerprint density at radius 3 is 2.69 bits per heavy atom. The summed E-state index contributed by atoms with van der Waals surface area (Å²) in [5, 5.41) is 10.6. The Bertz CT molecular complexity index is 1160. The van der Waals surface area contributed by atoms with Gasteiger partial charge in [-0.1, -0.05) is 18.2 Å². The predicted molar refractivity (Wildman–Crippen MR) is 109 cm³/mol. The molecule has 4 heterocycles. The zero-order valence-corrected chi connectivity index (χ0v) is 16.9. The minimum absolute atomic E-state index is 0.00185. The second-order valence-corrected chi connectivity index (χ2v) is 8.00. The molecule has 0 N–H and O–H groups in total. The molecule has 0 saturated carbocycles. The lowest BCUT2D eigenvalue weighted by molar-refractivity contribution is 0.0638. The summed E-state index contributed by atoms with van der Waals surface area (Å²) in [6.45, 7) is 5.02. The molecule has 0 fully saturated rings. The highest BCUT2D eigenvalue weighted by Gasteiger charge is 2.33. The van der Waals surface area contributed by atoms with Crippen molar-refractivity contribution in [2.24, 2.45) is 0 Å². The monoisotopic (exact) mass is 405 g/mol. The number of fused-ring (bicyclic) bond motifs is 1. The molecule has 0 spiro atoms. The van der Waals surface area contributed by atoms with Crippen molar-refractivity contribution < 1.29 is 9.21 Å². The summed E-state index contributed by atoms with van der Waals surface area (Å²) in [5.41, 5.74) is 2.59. The average molecular weight is 405 g/mol. The number of nitrogens with zero attached hydrogens (tertiary/aromatic N) is 5. The molecule has 1 aliphatic rings. The quantitative estimate of drug-likeness (QED) is 0.511. The minimum atomic E-state index is -0.189. The van der Waals surface area contributed by atoms with Crippen LogP contribution in [0, 0.1) is 6.92 Å². The molecule has 1 aliphatic heterocycles. The Kier molecular flexibility index (Phi) is 4.28. The number of rotatable bonds is 3. The van der Waals surface area contributed by atoms with Crippen LogP contribution in [0.2, 0.25) is 0 Å². The molecule has 0 saturated heterocycles. The van der Waals surface area contributed by atoms with Gasteiger partial charge in [-0.25, -0.2) is 4.98 Å². The van der Waals surface area contributed by atoms with E-state index in [0.29, 0.717) is 30.4 Å². The van der Waals surface area contributed by atoms with Gasteiger partial charge in [0.25, 0.3) is 11.8 Å². The molecule has 4 aromatic rings. The van der Waals surface area contributed by atoms with E-state index in [2.05, 4.69) is 21.2 Å². The topological polar surface area (TPSA) is 77.0 Å². The van der Waals surface area contributed by atoms with Crippen LogP contribution < -0.4 is 0 Å². The molecule has 3 aromatic heterocycles. The highest BCUT2D eigenvalue weighted by atomic mass is 32.1. The average Bonchev–Trinajstić information content (AvgIpc) is 3.48. The predicted octanol–water partition coefficient (Wildman–Crippen LogP) is 4.19. The first kappa shape index (κ1) is 17.8. The number of hydrogen-bond acceptors (Lipinski definition) is 6. The van der Waals surface area contributed by atoms with E-state index in [1.165, 1.54) is 4.88 Å². The number of thiophene rings is 1. The standard InChI is InChI=1S/C21H19N5O2S/c1-13-12-28-20(22-13)19-24-23-18-14(2)25(9-10-26(18)19)21(27)16-7-5-15(6-8-16)17-4-3-11-29-17/h3-8,11-12,14H,9-10H2,1-2H3. The number of aromatic nitrogens is 4. The van der Waals surface area contributed by atoms with Crippen LogP contribution in [0.3, 0.4) is 0 Å². The SMILES string of the molecule is Cc1coc(-c2nnc3n2CCN(C(=O)c2ccc(-c4cccs4)cc2)C3C)n1. The van der Waals surface area contributed by atoms with E-state index in [-0.39, 0.29) is 11.9 Å². The summed E-state index contributed by atoms with van der Waals surface area (Å²) in [4.78, 5) is 20.5. The van der Waals surface area contributed by atoms with Gasteiger partial charge in [0.15, 0.2) is 5.82 Å². The molecule has 1 atom stereocenters. The van der Waals surface area contributed by atoms with Crippen LogP contribution in [0.25, 0.3) is 22.2 Å². The Labute approximate surface area is 171 Å². The number of amides is 1. The van der Waals surface area contributed by atoms with Gasteiger partial charge in [0.1, 0.15) is 6.26 Å². The van der Waals surface area contributed by atoms with E-state index in [0.717, 1.165) is 17.1 Å². The molecule has 29 heavy (non-hydrogen) atoms. The van der Waals surface area contributed by atoms with Crippen LogP contribution in [-0.2, 0) is 6.54 Å². The Hall–Kier alpha value is -3.26. The first-order chi connectivity index (χ1) is 14.1. The van der Waals surface area contributed by atoms with Crippen molar-refractivity contribution in [1.29, 1.82) is 0 Å². The van der Waals surface area contributed by atoms with Gasteiger partial charge in [0.05, 0.1) is 11.7 Å². The molecule has 1 unspecified atom stereocenters. The zero-order chi connectivity index (χ0) is 20.0. The van der Waals surface area contributed by atoms with E-state index in [4.69, 9.17) is 4.42 Å². The first-order valence-corrected chi connectivity index (χ1v) is 10.3. The molecular formula is C21H19N5O2S. The van der Waals surface area contributed by atoms with Crippen LogP contribution in [0.15, 0.2) is 52.5 Å². The fourth-order valence-electron chi connectivity index (χ4n) is 3.66. The van der Waals surface area contributed by atoms with Gasteiger partial charge in [0.2, 0.25) is 5.82 Å². The molecule has 8 heteroatoms. The van der Waals surface area contributed by atoms with E-state index in [9.17, 15) is 4.79 Å². The van der Waals surface area contributed by atoms with E-state index in [1.54, 1.807) is 17.6 Å². The maximum atomic E-state index is 13.1. The normalized spacial score (nSPS) is 16.1. The third-order valence-electron chi connectivity index (χ3n) is 5.19. The number of hydrogen-bond donors (Lipinski definition) is 0. The zero-order valence-electron chi connectivity index (χ0n) is 16.1. The highest BCUT2D eigenvalue weighted by molar-refractivity contribution is 7.13. The third-order valence-corrected chi connectivity index (χ3v) is 6.11. The van der Waals surface area contributed by atoms with Gasteiger partial charge in [-0.05, 0) is 43.0 Å². The highest BCUT2D eigenvalue weighted by Crippen LogP contribution is 2.30. The lowest BCUT2D eigenvalue weighted by atomic mass is 10.1. The maximum Gasteiger partial charge on any atom is 0.265 e. The molecule has 146 valence electrons. The van der Waals surface area contributed by atoms with Crippen LogP contribution in [-0.4, -0.2) is 37.1 Å². The summed E-state index contributed by atoms with van der Waals surface area (Å²) in [7, 11) is 0. The van der Waals surface area contributed by atoms with Gasteiger partial charge in [-0.2, -0.15) is 0 Å². The van der Waals surface area contributed by atoms with Gasteiger partial charge < -0.3 is 13.9 Å². The van der Waals surface area contributed by atoms with Crippen LogP contribution in [0.4, 0.5) is 0 Å². The molecule has 7 nitrogen and oxygen atoms in total. The van der Waals surface area contributed by atoms with Gasteiger partial charge in [-0.15, -0.1) is 21.5 Å². The fraction of sp³-hybridized carbons (Fsp3) is 0.238. The molecule has 0 radical (unpaired) electrons.